The largest absolute Gasteiger partial charge is 0.488 e. The maximum absolute atomic E-state index is 13.8. The van der Waals surface area contributed by atoms with Crippen molar-refractivity contribution in [1.82, 2.24) is 0 Å². The Labute approximate surface area is 233 Å². The Morgan fingerprint density at radius 3 is 1.95 bits per heavy atom. The maximum Gasteiger partial charge on any atom is 0.488 e. The number of benzene rings is 3. The zero-order chi connectivity index (χ0) is 29.4. The SMILES string of the molecule is COC(=O)c1cccc(-c2sc(NC(=O)c3c(F)cccc3F)cc2C)c1.COC(=O)c1cccc(B(O)O)c1. The minimum Gasteiger partial charge on any atom is -0.465 e. The lowest BCUT2D eigenvalue weighted by atomic mass is 9.80. The van der Waals surface area contributed by atoms with E-state index in [4.69, 9.17) is 14.8 Å². The molecule has 3 aromatic carbocycles. The minimum absolute atomic E-state index is 0.267. The van der Waals surface area contributed by atoms with Crippen LogP contribution in [0.3, 0.4) is 0 Å². The molecule has 0 radical (unpaired) electrons. The highest BCUT2D eigenvalue weighted by Gasteiger charge is 2.19. The number of carbonyl (C=O) groups excluding carboxylic acids is 3. The summed E-state index contributed by atoms with van der Waals surface area (Å²) in [5.74, 6) is -3.66. The number of hydrogen-bond donors (Lipinski definition) is 3. The summed E-state index contributed by atoms with van der Waals surface area (Å²) in [4.78, 5) is 35.8. The summed E-state index contributed by atoms with van der Waals surface area (Å²) in [5, 5.41) is 20.6. The lowest BCUT2D eigenvalue weighted by Gasteiger charge is -2.05. The molecule has 4 aromatic rings. The number of methoxy groups -OCH3 is 2. The van der Waals surface area contributed by atoms with Gasteiger partial charge >= 0.3 is 19.1 Å². The van der Waals surface area contributed by atoms with Gasteiger partial charge < -0.3 is 24.8 Å². The fourth-order valence-corrected chi connectivity index (χ4v) is 4.63. The molecule has 1 amide bonds. The Morgan fingerprint density at radius 2 is 1.38 bits per heavy atom. The van der Waals surface area contributed by atoms with Gasteiger partial charge in [0.15, 0.2) is 0 Å². The van der Waals surface area contributed by atoms with Crippen molar-refractivity contribution >= 4 is 46.8 Å². The predicted octanol–water partition coefficient (Wildman–Crippen LogP) is 4.19. The molecule has 0 unspecified atom stereocenters. The number of nitrogens with one attached hydrogen (secondary N) is 1. The summed E-state index contributed by atoms with van der Waals surface area (Å²) in [7, 11) is 1.01. The zero-order valence-electron chi connectivity index (χ0n) is 21.6. The molecule has 0 spiro atoms. The van der Waals surface area contributed by atoms with Crippen LogP contribution in [0.2, 0.25) is 0 Å². The summed E-state index contributed by atoms with van der Waals surface area (Å²) >= 11 is 1.25. The number of carbonyl (C=O) groups is 3. The second-order valence-corrected chi connectivity index (χ2v) is 9.29. The molecular weight excluding hydrogens is 543 g/mol. The average Bonchev–Trinajstić information content (AvgIpc) is 3.32. The molecule has 0 bridgehead atoms. The van der Waals surface area contributed by atoms with Crippen LogP contribution in [0, 0.1) is 18.6 Å². The van der Waals surface area contributed by atoms with Crippen molar-refractivity contribution in [1.29, 1.82) is 0 Å². The third-order valence-electron chi connectivity index (χ3n) is 5.50. The van der Waals surface area contributed by atoms with Crippen LogP contribution in [0.25, 0.3) is 10.4 Å². The maximum atomic E-state index is 13.8. The number of halogens is 2. The molecule has 1 aromatic heterocycles. The van der Waals surface area contributed by atoms with Crippen LogP contribution in [0.5, 0.6) is 0 Å². The Hall–Kier alpha value is -4.39. The Bertz CT molecular complexity index is 1520. The van der Waals surface area contributed by atoms with Gasteiger partial charge in [-0.2, -0.15) is 0 Å². The molecule has 8 nitrogen and oxygen atoms in total. The summed E-state index contributed by atoms with van der Waals surface area (Å²) < 4.78 is 36.7. The molecule has 0 atom stereocenters. The van der Waals surface area contributed by atoms with E-state index in [1.165, 1.54) is 49.8 Å². The normalized spacial score (nSPS) is 10.2. The zero-order valence-corrected chi connectivity index (χ0v) is 22.4. The lowest BCUT2D eigenvalue weighted by molar-refractivity contribution is 0.0592. The molecule has 3 N–H and O–H groups in total. The number of esters is 2. The topological polar surface area (TPSA) is 122 Å². The Kier molecular flexibility index (Phi) is 10.3. The van der Waals surface area contributed by atoms with Gasteiger partial charge in [0.25, 0.3) is 5.91 Å². The molecule has 1 heterocycles. The van der Waals surface area contributed by atoms with Gasteiger partial charge in [-0.15, -0.1) is 11.3 Å². The monoisotopic (exact) mass is 567 g/mol. The fourth-order valence-electron chi connectivity index (χ4n) is 3.57. The molecule has 40 heavy (non-hydrogen) atoms. The molecule has 12 heteroatoms. The molecule has 0 saturated heterocycles. The average molecular weight is 567 g/mol. The lowest BCUT2D eigenvalue weighted by Crippen LogP contribution is -2.30. The number of amides is 1. The number of thiophene rings is 1. The van der Waals surface area contributed by atoms with E-state index in [0.717, 1.165) is 28.1 Å². The van der Waals surface area contributed by atoms with E-state index in [-0.39, 0.29) is 5.46 Å². The van der Waals surface area contributed by atoms with Crippen molar-refractivity contribution in [3.05, 3.63) is 107 Å². The van der Waals surface area contributed by atoms with E-state index in [2.05, 4.69) is 10.1 Å². The Balaban J connectivity index is 0.000000285. The third-order valence-corrected chi connectivity index (χ3v) is 6.70. The molecule has 0 fully saturated rings. The highest BCUT2D eigenvalue weighted by atomic mass is 32.1. The second-order valence-electron chi connectivity index (χ2n) is 8.24. The van der Waals surface area contributed by atoms with Gasteiger partial charge in [0, 0.05) is 4.88 Å². The second kappa shape index (κ2) is 13.6. The number of hydrogen-bond acceptors (Lipinski definition) is 8. The van der Waals surface area contributed by atoms with Crippen LogP contribution in [-0.2, 0) is 9.47 Å². The van der Waals surface area contributed by atoms with E-state index in [0.29, 0.717) is 16.1 Å². The van der Waals surface area contributed by atoms with Gasteiger partial charge in [-0.1, -0.05) is 30.3 Å². The van der Waals surface area contributed by atoms with Crippen LogP contribution in [-0.4, -0.2) is 49.2 Å². The number of rotatable bonds is 6. The molecule has 0 aliphatic heterocycles. The van der Waals surface area contributed by atoms with Crippen molar-refractivity contribution in [2.75, 3.05) is 19.5 Å². The molecule has 0 aliphatic rings. The van der Waals surface area contributed by atoms with Crippen LogP contribution in [0.15, 0.2) is 72.8 Å². The van der Waals surface area contributed by atoms with Crippen molar-refractivity contribution in [2.24, 2.45) is 0 Å². The van der Waals surface area contributed by atoms with Crippen molar-refractivity contribution < 1.29 is 42.7 Å². The first-order valence-corrected chi connectivity index (χ1v) is 12.5. The highest BCUT2D eigenvalue weighted by molar-refractivity contribution is 7.19. The van der Waals surface area contributed by atoms with Crippen LogP contribution in [0.4, 0.5) is 13.8 Å². The summed E-state index contributed by atoms with van der Waals surface area (Å²) in [6, 6.07) is 17.8. The predicted molar refractivity (Wildman–Crippen MR) is 148 cm³/mol. The van der Waals surface area contributed by atoms with E-state index < -0.39 is 42.2 Å². The number of anilines is 1. The van der Waals surface area contributed by atoms with Gasteiger partial charge in [-0.25, -0.2) is 18.4 Å². The summed E-state index contributed by atoms with van der Waals surface area (Å²) in [6.07, 6.45) is 0. The van der Waals surface area contributed by atoms with Gasteiger partial charge in [0.2, 0.25) is 0 Å². The van der Waals surface area contributed by atoms with Crippen LogP contribution >= 0.6 is 11.3 Å². The van der Waals surface area contributed by atoms with E-state index in [1.807, 2.05) is 13.0 Å². The quantitative estimate of drug-likeness (QED) is 0.236. The fraction of sp³-hybridized carbons (Fsp3) is 0.107. The first-order valence-electron chi connectivity index (χ1n) is 11.6. The van der Waals surface area contributed by atoms with Crippen molar-refractivity contribution in [3.8, 4) is 10.4 Å². The Morgan fingerprint density at radius 1 is 0.825 bits per heavy atom. The summed E-state index contributed by atoms with van der Waals surface area (Å²) in [6.45, 7) is 1.84. The van der Waals surface area contributed by atoms with Crippen LogP contribution in [0.1, 0.15) is 36.6 Å². The molecule has 0 aliphatic carbocycles. The number of aryl methyl sites for hydroxylation is 1. The van der Waals surface area contributed by atoms with Crippen LogP contribution < -0.4 is 10.8 Å². The first kappa shape index (κ1) is 30.2. The molecule has 4 rings (SSSR count). The standard InChI is InChI=1S/C20H15F2NO3S.C8H9BO4/c1-11-9-16(23-19(24)17-14(21)7-4-8-15(17)22)27-18(11)12-5-3-6-13(10-12)20(25)26-2;1-13-8(10)6-3-2-4-7(5-6)9(11)12/h3-10H,1-2H3,(H,23,24);2-5,11-12H,1H3. The van der Waals surface area contributed by atoms with Crippen molar-refractivity contribution in [2.45, 2.75) is 6.92 Å². The summed E-state index contributed by atoms with van der Waals surface area (Å²) in [5.41, 5.74) is 1.97. The van der Waals surface area contributed by atoms with Gasteiger partial charge in [-0.05, 0) is 66.0 Å². The molecule has 0 saturated carbocycles. The van der Waals surface area contributed by atoms with Gasteiger partial charge in [0.05, 0.1) is 30.3 Å². The number of ether oxygens (including phenoxy) is 2. The smallest absolute Gasteiger partial charge is 0.465 e. The van der Waals surface area contributed by atoms with Gasteiger partial charge in [-0.3, -0.25) is 4.79 Å². The van der Waals surface area contributed by atoms with Gasteiger partial charge in [0.1, 0.15) is 17.2 Å². The third kappa shape index (κ3) is 7.38. The first-order chi connectivity index (χ1) is 19.0. The molecular formula is C28H24BF2NO7S. The molecule has 206 valence electrons. The van der Waals surface area contributed by atoms with E-state index in [1.54, 1.807) is 30.3 Å². The van der Waals surface area contributed by atoms with Crippen molar-refractivity contribution in [3.63, 3.8) is 0 Å². The highest BCUT2D eigenvalue weighted by Crippen LogP contribution is 2.36. The van der Waals surface area contributed by atoms with E-state index in [9.17, 15) is 23.2 Å². The minimum atomic E-state index is -1.57. The van der Waals surface area contributed by atoms with E-state index >= 15 is 0 Å².